The van der Waals surface area contributed by atoms with Crippen LogP contribution in [0.5, 0.6) is 0 Å². The van der Waals surface area contributed by atoms with Crippen molar-refractivity contribution in [2.45, 2.75) is 60.8 Å². The Hall–Kier alpha value is -1.32. The van der Waals surface area contributed by atoms with E-state index in [1.165, 1.54) is 0 Å². The average molecular weight is 312 g/mol. The third-order valence-electron chi connectivity index (χ3n) is 3.30. The highest BCUT2D eigenvalue weighted by molar-refractivity contribution is 6.14. The molecular formula is C18H32O4. The Bertz CT molecular complexity index is 347. The lowest BCUT2D eigenvalue weighted by Gasteiger charge is -2.20. The maximum atomic E-state index is 12.2. The predicted octanol–water partition coefficient (Wildman–Crippen LogP) is 4.14. The monoisotopic (exact) mass is 312 g/mol. The molecule has 0 saturated carbocycles. The zero-order valence-electron chi connectivity index (χ0n) is 15.0. The molecule has 0 aromatic rings. The van der Waals surface area contributed by atoms with Crippen molar-refractivity contribution < 1.29 is 19.1 Å². The van der Waals surface area contributed by atoms with Gasteiger partial charge in [-0.2, -0.15) is 0 Å². The van der Waals surface area contributed by atoms with E-state index in [1.807, 2.05) is 13.8 Å². The van der Waals surface area contributed by atoms with Crippen LogP contribution in [-0.2, 0) is 19.1 Å². The molecule has 4 heteroatoms. The van der Waals surface area contributed by atoms with Crippen LogP contribution in [0.3, 0.4) is 0 Å². The number of carbonyl (C=O) groups excluding carboxylic acids is 2. The van der Waals surface area contributed by atoms with Gasteiger partial charge in [-0.15, -0.1) is 0 Å². The molecule has 0 aromatic carbocycles. The third kappa shape index (κ3) is 8.20. The molecule has 0 radical (unpaired) electrons. The van der Waals surface area contributed by atoms with E-state index < -0.39 is 11.9 Å². The fourth-order valence-electron chi connectivity index (χ4n) is 2.06. The minimum absolute atomic E-state index is 0.0428. The number of esters is 2. The second-order valence-corrected chi connectivity index (χ2v) is 6.39. The van der Waals surface area contributed by atoms with Crippen molar-refractivity contribution in [2.24, 2.45) is 17.8 Å². The number of allylic oxidation sites excluding steroid dienone is 1. The molecule has 0 amide bonds. The lowest BCUT2D eigenvalue weighted by atomic mass is 9.86. The summed E-state index contributed by atoms with van der Waals surface area (Å²) in [5.74, 6) is -0.161. The number of hydrogen-bond donors (Lipinski definition) is 0. The zero-order valence-corrected chi connectivity index (χ0v) is 15.0. The molecule has 0 aliphatic heterocycles. The Morgan fingerprint density at radius 2 is 1.36 bits per heavy atom. The molecular weight excluding hydrogens is 280 g/mol. The first-order valence-electron chi connectivity index (χ1n) is 8.39. The summed E-state index contributed by atoms with van der Waals surface area (Å²) in [6.45, 7) is 12.9. The van der Waals surface area contributed by atoms with Crippen LogP contribution in [0, 0.1) is 17.8 Å². The van der Waals surface area contributed by atoms with Crippen molar-refractivity contribution in [2.75, 3.05) is 13.2 Å². The van der Waals surface area contributed by atoms with Gasteiger partial charge >= 0.3 is 11.9 Å². The Labute approximate surface area is 135 Å². The maximum absolute atomic E-state index is 12.2. The molecule has 1 atom stereocenters. The highest BCUT2D eigenvalue weighted by Gasteiger charge is 2.24. The lowest BCUT2D eigenvalue weighted by molar-refractivity contribution is -0.147. The predicted molar refractivity (Wildman–Crippen MR) is 88.4 cm³/mol. The van der Waals surface area contributed by atoms with Gasteiger partial charge in [-0.3, -0.25) is 0 Å². The van der Waals surface area contributed by atoms with Gasteiger partial charge in [-0.05, 0) is 37.0 Å². The van der Waals surface area contributed by atoms with Crippen LogP contribution in [-0.4, -0.2) is 25.2 Å². The third-order valence-corrected chi connectivity index (χ3v) is 3.30. The SMILES string of the molecule is CCCOC(=O)C(=CC(CC(C)C)C(C)C)C(=O)OCCC. The summed E-state index contributed by atoms with van der Waals surface area (Å²) in [4.78, 5) is 24.3. The molecule has 0 heterocycles. The molecule has 1 unspecified atom stereocenters. The topological polar surface area (TPSA) is 52.6 Å². The lowest BCUT2D eigenvalue weighted by Crippen LogP contribution is -2.21. The highest BCUT2D eigenvalue weighted by Crippen LogP contribution is 2.23. The van der Waals surface area contributed by atoms with Crippen molar-refractivity contribution in [3.05, 3.63) is 11.6 Å². The maximum Gasteiger partial charge on any atom is 0.345 e. The van der Waals surface area contributed by atoms with E-state index in [2.05, 4.69) is 27.7 Å². The summed E-state index contributed by atoms with van der Waals surface area (Å²) in [6.07, 6.45) is 4.12. The quantitative estimate of drug-likeness (QED) is 0.263. The van der Waals surface area contributed by atoms with Gasteiger partial charge in [0.25, 0.3) is 0 Å². The zero-order chi connectivity index (χ0) is 17.1. The van der Waals surface area contributed by atoms with Gasteiger partial charge < -0.3 is 9.47 Å². The summed E-state index contributed by atoms with van der Waals surface area (Å²) in [7, 11) is 0. The molecule has 0 N–H and O–H groups in total. The molecule has 0 fully saturated rings. The van der Waals surface area contributed by atoms with E-state index in [-0.39, 0.29) is 11.5 Å². The van der Waals surface area contributed by atoms with Crippen molar-refractivity contribution in [1.29, 1.82) is 0 Å². The smallest absolute Gasteiger partial charge is 0.345 e. The van der Waals surface area contributed by atoms with E-state index in [9.17, 15) is 9.59 Å². The van der Waals surface area contributed by atoms with Crippen molar-refractivity contribution in [3.63, 3.8) is 0 Å². The summed E-state index contributed by atoms with van der Waals surface area (Å²) in [5, 5.41) is 0. The van der Waals surface area contributed by atoms with Crippen molar-refractivity contribution in [3.8, 4) is 0 Å². The van der Waals surface area contributed by atoms with E-state index in [0.29, 0.717) is 25.0 Å². The summed E-state index contributed by atoms with van der Waals surface area (Å²) < 4.78 is 10.3. The van der Waals surface area contributed by atoms with Gasteiger partial charge in [0.2, 0.25) is 0 Å². The second kappa shape index (κ2) is 11.3. The molecule has 0 spiro atoms. The molecule has 0 aromatic heterocycles. The molecule has 0 saturated heterocycles. The fourth-order valence-corrected chi connectivity index (χ4v) is 2.06. The molecule has 0 bridgehead atoms. The van der Waals surface area contributed by atoms with Crippen LogP contribution in [0.1, 0.15) is 60.8 Å². The Balaban J connectivity index is 5.26. The van der Waals surface area contributed by atoms with E-state index in [0.717, 1.165) is 19.3 Å². The average Bonchev–Trinajstić information content (AvgIpc) is 2.45. The summed E-state index contributed by atoms with van der Waals surface area (Å²) >= 11 is 0. The number of ether oxygens (including phenoxy) is 2. The van der Waals surface area contributed by atoms with Crippen LogP contribution in [0.2, 0.25) is 0 Å². The first-order chi connectivity index (χ1) is 10.3. The van der Waals surface area contributed by atoms with E-state index in [4.69, 9.17) is 9.47 Å². The van der Waals surface area contributed by atoms with Gasteiger partial charge in [0.1, 0.15) is 5.57 Å². The Morgan fingerprint density at radius 1 is 0.909 bits per heavy atom. The second-order valence-electron chi connectivity index (χ2n) is 6.39. The van der Waals surface area contributed by atoms with Crippen LogP contribution in [0.25, 0.3) is 0 Å². The minimum Gasteiger partial charge on any atom is -0.462 e. The first kappa shape index (κ1) is 20.7. The van der Waals surface area contributed by atoms with Crippen LogP contribution in [0.15, 0.2) is 11.6 Å². The molecule has 22 heavy (non-hydrogen) atoms. The number of carbonyl (C=O) groups is 2. The van der Waals surface area contributed by atoms with Gasteiger partial charge in [-0.25, -0.2) is 9.59 Å². The number of hydrogen-bond acceptors (Lipinski definition) is 4. The van der Waals surface area contributed by atoms with Crippen LogP contribution >= 0.6 is 0 Å². The summed E-state index contributed by atoms with van der Waals surface area (Å²) in [6, 6.07) is 0. The largest absolute Gasteiger partial charge is 0.462 e. The Morgan fingerprint density at radius 3 is 1.68 bits per heavy atom. The van der Waals surface area contributed by atoms with Gasteiger partial charge in [0, 0.05) is 0 Å². The number of rotatable bonds is 10. The highest BCUT2D eigenvalue weighted by atomic mass is 16.6. The van der Waals surface area contributed by atoms with E-state index in [1.54, 1.807) is 6.08 Å². The normalized spacial score (nSPS) is 12.2. The van der Waals surface area contributed by atoms with Gasteiger partial charge in [0.05, 0.1) is 13.2 Å². The Kier molecular flexibility index (Phi) is 10.6. The van der Waals surface area contributed by atoms with Gasteiger partial charge in [-0.1, -0.05) is 47.6 Å². The van der Waals surface area contributed by atoms with Gasteiger partial charge in [0.15, 0.2) is 0 Å². The first-order valence-corrected chi connectivity index (χ1v) is 8.39. The molecule has 0 aliphatic carbocycles. The molecule has 4 nitrogen and oxygen atoms in total. The fraction of sp³-hybridized carbons (Fsp3) is 0.778. The van der Waals surface area contributed by atoms with Crippen molar-refractivity contribution in [1.82, 2.24) is 0 Å². The molecule has 128 valence electrons. The minimum atomic E-state index is -0.572. The van der Waals surface area contributed by atoms with Crippen LogP contribution < -0.4 is 0 Å². The van der Waals surface area contributed by atoms with E-state index >= 15 is 0 Å². The van der Waals surface area contributed by atoms with Crippen molar-refractivity contribution >= 4 is 11.9 Å². The van der Waals surface area contributed by atoms with Crippen LogP contribution in [0.4, 0.5) is 0 Å². The standard InChI is InChI=1S/C18H32O4/c1-7-9-21-17(19)16(18(20)22-10-8-2)12-15(14(5)6)11-13(3)4/h12-15H,7-11H2,1-6H3. The molecule has 0 aliphatic rings. The molecule has 0 rings (SSSR count). The summed E-state index contributed by atoms with van der Waals surface area (Å²) in [5.41, 5.74) is 0.0428.